The predicted molar refractivity (Wildman–Crippen MR) is 84.3 cm³/mol. The first-order valence-corrected chi connectivity index (χ1v) is 7.09. The number of aromatic nitrogens is 1. The Morgan fingerprint density at radius 2 is 1.73 bits per heavy atom. The molecule has 0 aliphatic carbocycles. The number of nitrogens with zero attached hydrogens (tertiary/aromatic N) is 1. The standard InChI is InChI=1S/C17H20N2O3/c1-10(20)12-6-8-13(9-7-12)18-16(21)14-11(2)22-19-15(14)17(3,4)5/h6-9H,1-5H3,(H,18,21). The number of hydrogen-bond donors (Lipinski definition) is 1. The Morgan fingerprint density at radius 1 is 1.14 bits per heavy atom. The highest BCUT2D eigenvalue weighted by Crippen LogP contribution is 2.27. The Labute approximate surface area is 129 Å². The normalized spacial score (nSPS) is 11.3. The highest BCUT2D eigenvalue weighted by molar-refractivity contribution is 6.06. The fourth-order valence-electron chi connectivity index (χ4n) is 2.13. The number of ketones is 1. The number of aryl methyl sites for hydroxylation is 1. The third-order valence-electron chi connectivity index (χ3n) is 3.35. The smallest absolute Gasteiger partial charge is 0.261 e. The third-order valence-corrected chi connectivity index (χ3v) is 3.35. The van der Waals surface area contributed by atoms with Crippen molar-refractivity contribution in [2.45, 2.75) is 40.0 Å². The van der Waals surface area contributed by atoms with E-state index in [0.29, 0.717) is 28.3 Å². The van der Waals surface area contributed by atoms with Gasteiger partial charge in [-0.3, -0.25) is 9.59 Å². The van der Waals surface area contributed by atoms with E-state index in [0.717, 1.165) is 0 Å². The average molecular weight is 300 g/mol. The molecular weight excluding hydrogens is 280 g/mol. The van der Waals surface area contributed by atoms with Gasteiger partial charge in [0.25, 0.3) is 5.91 Å². The van der Waals surface area contributed by atoms with Crippen LogP contribution in [0.5, 0.6) is 0 Å². The van der Waals surface area contributed by atoms with Crippen LogP contribution in [0.4, 0.5) is 5.69 Å². The van der Waals surface area contributed by atoms with E-state index >= 15 is 0 Å². The number of nitrogens with one attached hydrogen (secondary N) is 1. The van der Waals surface area contributed by atoms with Crippen molar-refractivity contribution < 1.29 is 14.1 Å². The van der Waals surface area contributed by atoms with Crippen LogP contribution in [0.15, 0.2) is 28.8 Å². The Hall–Kier alpha value is -2.43. The van der Waals surface area contributed by atoms with E-state index in [2.05, 4.69) is 10.5 Å². The van der Waals surface area contributed by atoms with Gasteiger partial charge in [0.05, 0.1) is 0 Å². The number of amides is 1. The van der Waals surface area contributed by atoms with Gasteiger partial charge >= 0.3 is 0 Å². The summed E-state index contributed by atoms with van der Waals surface area (Å²) in [6, 6.07) is 6.77. The van der Waals surface area contributed by atoms with Gasteiger partial charge in [0.15, 0.2) is 5.78 Å². The van der Waals surface area contributed by atoms with Crippen LogP contribution in [0, 0.1) is 6.92 Å². The first-order valence-electron chi connectivity index (χ1n) is 7.09. The van der Waals surface area contributed by atoms with Crippen LogP contribution in [0.1, 0.15) is 59.9 Å². The number of benzene rings is 1. The van der Waals surface area contributed by atoms with Gasteiger partial charge in [-0.1, -0.05) is 25.9 Å². The number of carbonyl (C=O) groups is 2. The highest BCUT2D eigenvalue weighted by Gasteiger charge is 2.28. The molecule has 0 radical (unpaired) electrons. The zero-order chi connectivity index (χ0) is 16.5. The van der Waals surface area contributed by atoms with E-state index in [4.69, 9.17) is 4.52 Å². The zero-order valence-electron chi connectivity index (χ0n) is 13.5. The van der Waals surface area contributed by atoms with Crippen LogP contribution in [-0.4, -0.2) is 16.8 Å². The maximum atomic E-state index is 12.5. The molecule has 1 aromatic heterocycles. The quantitative estimate of drug-likeness (QED) is 0.876. The molecule has 0 aliphatic rings. The molecule has 2 aromatic rings. The van der Waals surface area contributed by atoms with Crippen LogP contribution in [0.25, 0.3) is 0 Å². The van der Waals surface area contributed by atoms with Gasteiger partial charge in [0.2, 0.25) is 0 Å². The summed E-state index contributed by atoms with van der Waals surface area (Å²) >= 11 is 0. The van der Waals surface area contributed by atoms with Gasteiger partial charge in [-0.2, -0.15) is 0 Å². The molecular formula is C17H20N2O3. The lowest BCUT2D eigenvalue weighted by Gasteiger charge is -2.16. The summed E-state index contributed by atoms with van der Waals surface area (Å²) in [5, 5.41) is 6.82. The SMILES string of the molecule is CC(=O)c1ccc(NC(=O)c2c(C(C)(C)C)noc2C)cc1. The number of rotatable bonds is 3. The lowest BCUT2D eigenvalue weighted by atomic mass is 9.88. The molecule has 0 aliphatic heterocycles. The molecule has 0 fully saturated rings. The minimum atomic E-state index is -0.289. The van der Waals surface area contributed by atoms with E-state index in [1.807, 2.05) is 20.8 Å². The fraction of sp³-hybridized carbons (Fsp3) is 0.353. The molecule has 1 N–H and O–H groups in total. The van der Waals surface area contributed by atoms with Crippen molar-refractivity contribution in [3.05, 3.63) is 46.8 Å². The van der Waals surface area contributed by atoms with Crippen molar-refractivity contribution in [3.8, 4) is 0 Å². The monoisotopic (exact) mass is 300 g/mol. The van der Waals surface area contributed by atoms with Crippen molar-refractivity contribution >= 4 is 17.4 Å². The minimum absolute atomic E-state index is 0.0113. The summed E-state index contributed by atoms with van der Waals surface area (Å²) in [7, 11) is 0. The molecule has 5 nitrogen and oxygen atoms in total. The van der Waals surface area contributed by atoms with Gasteiger partial charge in [0.1, 0.15) is 17.0 Å². The van der Waals surface area contributed by atoms with Crippen LogP contribution in [0.3, 0.4) is 0 Å². The van der Waals surface area contributed by atoms with E-state index < -0.39 is 0 Å². The summed E-state index contributed by atoms with van der Waals surface area (Å²) in [4.78, 5) is 23.8. The summed E-state index contributed by atoms with van der Waals surface area (Å²) in [5.41, 5.74) is 2.03. The van der Waals surface area contributed by atoms with Gasteiger partial charge in [0, 0.05) is 16.7 Å². The Kier molecular flexibility index (Phi) is 4.17. The molecule has 2 rings (SSSR count). The molecule has 5 heteroatoms. The van der Waals surface area contributed by atoms with E-state index in [-0.39, 0.29) is 17.1 Å². The predicted octanol–water partition coefficient (Wildman–Crippen LogP) is 3.74. The highest BCUT2D eigenvalue weighted by atomic mass is 16.5. The summed E-state index contributed by atoms with van der Waals surface area (Å²) < 4.78 is 5.18. The third kappa shape index (κ3) is 3.24. The second-order valence-corrected chi connectivity index (χ2v) is 6.30. The van der Waals surface area contributed by atoms with Crippen molar-refractivity contribution in [2.75, 3.05) is 5.32 Å². The average Bonchev–Trinajstić information content (AvgIpc) is 2.81. The number of hydrogen-bond acceptors (Lipinski definition) is 4. The van der Waals surface area contributed by atoms with Crippen LogP contribution in [-0.2, 0) is 5.41 Å². The van der Waals surface area contributed by atoms with Gasteiger partial charge in [-0.05, 0) is 38.1 Å². The van der Waals surface area contributed by atoms with Crippen LogP contribution < -0.4 is 5.32 Å². The van der Waals surface area contributed by atoms with E-state index in [9.17, 15) is 9.59 Å². The number of carbonyl (C=O) groups excluding carboxylic acids is 2. The topological polar surface area (TPSA) is 72.2 Å². The maximum Gasteiger partial charge on any atom is 0.261 e. The number of anilines is 1. The summed E-state index contributed by atoms with van der Waals surface area (Å²) in [5.74, 6) is 0.213. The molecule has 22 heavy (non-hydrogen) atoms. The van der Waals surface area contributed by atoms with Crippen molar-refractivity contribution in [2.24, 2.45) is 0 Å². The molecule has 0 atom stereocenters. The first-order chi connectivity index (χ1) is 10.2. The molecule has 1 heterocycles. The first kappa shape index (κ1) is 15.9. The second-order valence-electron chi connectivity index (χ2n) is 6.30. The molecule has 0 unspecified atom stereocenters. The molecule has 0 bridgehead atoms. The lowest BCUT2D eigenvalue weighted by molar-refractivity contribution is 0.101. The minimum Gasteiger partial charge on any atom is -0.361 e. The van der Waals surface area contributed by atoms with E-state index in [1.165, 1.54) is 6.92 Å². The number of Topliss-reactive ketones (excluding diaryl/α,β-unsaturated/α-hetero) is 1. The maximum absolute atomic E-state index is 12.5. The largest absolute Gasteiger partial charge is 0.361 e. The Balaban J connectivity index is 2.26. The fourth-order valence-corrected chi connectivity index (χ4v) is 2.13. The molecule has 0 spiro atoms. The van der Waals surface area contributed by atoms with Gasteiger partial charge in [-0.25, -0.2) is 0 Å². The Morgan fingerprint density at radius 3 is 2.23 bits per heavy atom. The second kappa shape index (κ2) is 5.75. The van der Waals surface area contributed by atoms with Crippen LogP contribution in [0.2, 0.25) is 0 Å². The van der Waals surface area contributed by atoms with Crippen molar-refractivity contribution in [1.82, 2.24) is 5.16 Å². The van der Waals surface area contributed by atoms with Crippen molar-refractivity contribution in [1.29, 1.82) is 0 Å². The molecule has 1 aromatic carbocycles. The Bertz CT molecular complexity index is 706. The molecule has 1 amide bonds. The van der Waals surface area contributed by atoms with Crippen molar-refractivity contribution in [3.63, 3.8) is 0 Å². The lowest BCUT2D eigenvalue weighted by Crippen LogP contribution is -2.21. The summed E-state index contributed by atoms with van der Waals surface area (Å²) in [6.07, 6.45) is 0. The van der Waals surface area contributed by atoms with E-state index in [1.54, 1.807) is 31.2 Å². The van der Waals surface area contributed by atoms with Gasteiger partial charge < -0.3 is 9.84 Å². The zero-order valence-corrected chi connectivity index (χ0v) is 13.5. The molecule has 0 saturated heterocycles. The van der Waals surface area contributed by atoms with Gasteiger partial charge in [-0.15, -0.1) is 0 Å². The van der Waals surface area contributed by atoms with Crippen LogP contribution >= 0.6 is 0 Å². The molecule has 116 valence electrons. The summed E-state index contributed by atoms with van der Waals surface area (Å²) in [6.45, 7) is 9.15. The molecule has 0 saturated carbocycles.